The van der Waals surface area contributed by atoms with Crippen molar-refractivity contribution < 1.29 is 9.90 Å². The quantitative estimate of drug-likeness (QED) is 0.562. The van der Waals surface area contributed by atoms with Gasteiger partial charge in [0.05, 0.1) is 16.9 Å². The molecule has 0 atom stereocenters. The molecule has 0 aliphatic carbocycles. The maximum absolute atomic E-state index is 10.8. The van der Waals surface area contributed by atoms with Crippen molar-refractivity contribution >= 4 is 17.7 Å². The van der Waals surface area contributed by atoms with E-state index < -0.39 is 0 Å². The Labute approximate surface area is 83.2 Å². The van der Waals surface area contributed by atoms with E-state index in [4.69, 9.17) is 0 Å². The normalized spacial score (nSPS) is 9.64. The third kappa shape index (κ3) is 1.64. The standard InChI is InChI=1S/C10H14N2O2/c1-11-8-4-5-9(14)7(6-13)10(8)12(2)3/h4-6,11,14H,1-3H3. The van der Waals surface area contributed by atoms with Crippen LogP contribution in [0.5, 0.6) is 5.75 Å². The van der Waals surface area contributed by atoms with Crippen molar-refractivity contribution in [3.8, 4) is 5.75 Å². The van der Waals surface area contributed by atoms with Crippen LogP contribution in [0.25, 0.3) is 0 Å². The Hall–Kier alpha value is -1.71. The Bertz CT molecular complexity index is 348. The lowest BCUT2D eigenvalue weighted by Crippen LogP contribution is -2.13. The van der Waals surface area contributed by atoms with Crippen LogP contribution in [-0.4, -0.2) is 32.5 Å². The number of carbonyl (C=O) groups excluding carboxylic acids is 1. The van der Waals surface area contributed by atoms with Crippen molar-refractivity contribution in [2.24, 2.45) is 0 Å². The molecule has 0 unspecified atom stereocenters. The number of carbonyl (C=O) groups is 1. The maximum Gasteiger partial charge on any atom is 0.155 e. The molecule has 0 saturated heterocycles. The molecule has 1 aromatic carbocycles. The summed E-state index contributed by atoms with van der Waals surface area (Å²) in [7, 11) is 5.42. The molecule has 0 aromatic heterocycles. The number of rotatable bonds is 3. The van der Waals surface area contributed by atoms with Crippen molar-refractivity contribution in [2.45, 2.75) is 0 Å². The van der Waals surface area contributed by atoms with Crippen LogP contribution in [0.15, 0.2) is 12.1 Å². The predicted octanol–water partition coefficient (Wildman–Crippen LogP) is 1.31. The van der Waals surface area contributed by atoms with Gasteiger partial charge in [-0.1, -0.05) is 0 Å². The number of anilines is 2. The minimum Gasteiger partial charge on any atom is -0.507 e. The van der Waals surface area contributed by atoms with Gasteiger partial charge >= 0.3 is 0 Å². The lowest BCUT2D eigenvalue weighted by atomic mass is 10.1. The van der Waals surface area contributed by atoms with E-state index in [1.165, 1.54) is 6.07 Å². The average molecular weight is 194 g/mol. The molecular weight excluding hydrogens is 180 g/mol. The Kier molecular flexibility index (Phi) is 2.96. The van der Waals surface area contributed by atoms with Gasteiger partial charge in [0.25, 0.3) is 0 Å². The SMILES string of the molecule is CNc1ccc(O)c(C=O)c1N(C)C. The van der Waals surface area contributed by atoms with Gasteiger partial charge in [0.2, 0.25) is 0 Å². The molecule has 0 aliphatic rings. The van der Waals surface area contributed by atoms with Gasteiger partial charge in [-0.25, -0.2) is 0 Å². The lowest BCUT2D eigenvalue weighted by molar-refractivity contribution is 0.112. The van der Waals surface area contributed by atoms with Crippen LogP contribution in [0, 0.1) is 0 Å². The number of hydrogen-bond donors (Lipinski definition) is 2. The molecule has 0 heterocycles. The summed E-state index contributed by atoms with van der Waals surface area (Å²) in [5, 5.41) is 12.4. The summed E-state index contributed by atoms with van der Waals surface area (Å²) < 4.78 is 0. The number of phenols is 1. The molecule has 4 heteroatoms. The summed E-state index contributed by atoms with van der Waals surface area (Å²) in [4.78, 5) is 12.6. The van der Waals surface area contributed by atoms with Crippen LogP contribution in [0.4, 0.5) is 11.4 Å². The Balaban J connectivity index is 3.43. The lowest BCUT2D eigenvalue weighted by Gasteiger charge is -2.19. The molecule has 4 nitrogen and oxygen atoms in total. The number of aromatic hydroxyl groups is 1. The zero-order valence-corrected chi connectivity index (χ0v) is 8.53. The highest BCUT2D eigenvalue weighted by Gasteiger charge is 2.13. The Morgan fingerprint density at radius 1 is 1.43 bits per heavy atom. The summed E-state index contributed by atoms with van der Waals surface area (Å²) in [6, 6.07) is 3.24. The van der Waals surface area contributed by atoms with Gasteiger partial charge in [-0.2, -0.15) is 0 Å². The van der Waals surface area contributed by atoms with E-state index in [9.17, 15) is 9.90 Å². The third-order valence-electron chi connectivity index (χ3n) is 2.03. The highest BCUT2D eigenvalue weighted by molar-refractivity contribution is 5.93. The van der Waals surface area contributed by atoms with E-state index >= 15 is 0 Å². The van der Waals surface area contributed by atoms with Crippen molar-refractivity contribution in [2.75, 3.05) is 31.4 Å². The first kappa shape index (κ1) is 10.4. The number of benzene rings is 1. The van der Waals surface area contributed by atoms with Gasteiger partial charge in [-0.05, 0) is 12.1 Å². The van der Waals surface area contributed by atoms with Crippen molar-refractivity contribution in [3.05, 3.63) is 17.7 Å². The van der Waals surface area contributed by atoms with Crippen LogP contribution in [-0.2, 0) is 0 Å². The first-order chi connectivity index (χ1) is 6.61. The second kappa shape index (κ2) is 4.00. The second-order valence-corrected chi connectivity index (χ2v) is 3.16. The minimum absolute atomic E-state index is 0.00250. The van der Waals surface area contributed by atoms with E-state index in [0.717, 1.165) is 5.69 Å². The van der Waals surface area contributed by atoms with Crippen molar-refractivity contribution in [3.63, 3.8) is 0 Å². The molecule has 2 N–H and O–H groups in total. The van der Waals surface area contributed by atoms with Crippen molar-refractivity contribution in [1.29, 1.82) is 0 Å². The molecule has 0 saturated carbocycles. The summed E-state index contributed by atoms with van der Waals surface area (Å²) >= 11 is 0. The Morgan fingerprint density at radius 2 is 2.07 bits per heavy atom. The van der Waals surface area contributed by atoms with E-state index in [0.29, 0.717) is 17.5 Å². The molecular formula is C10H14N2O2. The first-order valence-electron chi connectivity index (χ1n) is 4.28. The minimum atomic E-state index is 0.00250. The third-order valence-corrected chi connectivity index (χ3v) is 2.03. The highest BCUT2D eigenvalue weighted by Crippen LogP contribution is 2.33. The molecule has 1 aromatic rings. The average Bonchev–Trinajstić information content (AvgIpc) is 2.17. The smallest absolute Gasteiger partial charge is 0.155 e. The van der Waals surface area contributed by atoms with Crippen molar-refractivity contribution in [1.82, 2.24) is 0 Å². The number of phenolic OH excluding ortho intramolecular Hbond substituents is 1. The summed E-state index contributed by atoms with van der Waals surface area (Å²) in [6.07, 6.45) is 0.658. The molecule has 0 amide bonds. The molecule has 1 rings (SSSR count). The van der Waals surface area contributed by atoms with Crippen LogP contribution in [0.2, 0.25) is 0 Å². The first-order valence-corrected chi connectivity index (χ1v) is 4.28. The number of aldehydes is 1. The van der Waals surface area contributed by atoms with Gasteiger partial charge in [0, 0.05) is 21.1 Å². The summed E-state index contributed by atoms with van der Waals surface area (Å²) in [5.41, 5.74) is 1.82. The van der Waals surface area contributed by atoms with Gasteiger partial charge in [0.15, 0.2) is 6.29 Å². The van der Waals surface area contributed by atoms with Gasteiger partial charge in [-0.3, -0.25) is 4.79 Å². The highest BCUT2D eigenvalue weighted by atomic mass is 16.3. The molecule has 0 radical (unpaired) electrons. The number of nitrogens with zero attached hydrogens (tertiary/aromatic N) is 1. The van der Waals surface area contributed by atoms with E-state index in [1.807, 2.05) is 14.1 Å². The van der Waals surface area contributed by atoms with E-state index in [1.54, 1.807) is 18.0 Å². The van der Waals surface area contributed by atoms with Crippen LogP contribution >= 0.6 is 0 Å². The summed E-state index contributed by atoms with van der Waals surface area (Å²) in [5.74, 6) is 0.00250. The van der Waals surface area contributed by atoms with Gasteiger partial charge in [-0.15, -0.1) is 0 Å². The van der Waals surface area contributed by atoms with E-state index in [2.05, 4.69) is 5.32 Å². The number of nitrogens with one attached hydrogen (secondary N) is 1. The molecule has 0 fully saturated rings. The summed E-state index contributed by atoms with van der Waals surface area (Å²) in [6.45, 7) is 0. The molecule has 0 spiro atoms. The zero-order valence-electron chi connectivity index (χ0n) is 8.53. The fourth-order valence-electron chi connectivity index (χ4n) is 1.40. The monoisotopic (exact) mass is 194 g/mol. The zero-order chi connectivity index (χ0) is 10.7. The second-order valence-electron chi connectivity index (χ2n) is 3.16. The molecule has 14 heavy (non-hydrogen) atoms. The van der Waals surface area contributed by atoms with Gasteiger partial charge in [0.1, 0.15) is 5.75 Å². The molecule has 76 valence electrons. The Morgan fingerprint density at radius 3 is 2.50 bits per heavy atom. The predicted molar refractivity (Wildman–Crippen MR) is 57.4 cm³/mol. The fraction of sp³-hybridized carbons (Fsp3) is 0.300. The van der Waals surface area contributed by atoms with Crippen LogP contribution in [0.3, 0.4) is 0 Å². The van der Waals surface area contributed by atoms with E-state index in [-0.39, 0.29) is 5.75 Å². The maximum atomic E-state index is 10.8. The largest absolute Gasteiger partial charge is 0.507 e. The fourth-order valence-corrected chi connectivity index (χ4v) is 1.40. The molecule has 0 aliphatic heterocycles. The molecule has 0 bridgehead atoms. The number of hydrogen-bond acceptors (Lipinski definition) is 4. The topological polar surface area (TPSA) is 52.6 Å². The van der Waals surface area contributed by atoms with Crippen LogP contribution in [0.1, 0.15) is 10.4 Å². The van der Waals surface area contributed by atoms with Crippen LogP contribution < -0.4 is 10.2 Å². The van der Waals surface area contributed by atoms with Gasteiger partial charge < -0.3 is 15.3 Å².